The molecule has 2 aromatic rings. The minimum absolute atomic E-state index is 0.195. The van der Waals surface area contributed by atoms with Gasteiger partial charge in [0, 0.05) is 23.9 Å². The Kier molecular flexibility index (Phi) is 4.16. The maximum absolute atomic E-state index is 12.7. The first-order valence-corrected chi connectivity index (χ1v) is 7.71. The summed E-state index contributed by atoms with van der Waals surface area (Å²) in [5, 5.41) is 11.0. The van der Waals surface area contributed by atoms with Crippen LogP contribution in [0.25, 0.3) is 0 Å². The molecule has 0 atom stereocenters. The lowest BCUT2D eigenvalue weighted by Crippen LogP contribution is -2.39. The summed E-state index contributed by atoms with van der Waals surface area (Å²) in [5.41, 5.74) is 1.61. The van der Waals surface area contributed by atoms with Crippen LogP contribution in [0.1, 0.15) is 17.5 Å². The lowest BCUT2D eigenvalue weighted by molar-refractivity contribution is -0.385. The van der Waals surface area contributed by atoms with Gasteiger partial charge in [-0.05, 0) is 31.4 Å². The van der Waals surface area contributed by atoms with Crippen LogP contribution in [0.15, 0.2) is 41.3 Å². The SMILES string of the molecule is Cc1cc([N+](=O)[O-])cn(CC(=O)N2CCCc3ccccc32)c1=O. The quantitative estimate of drug-likeness (QED) is 0.638. The average molecular weight is 327 g/mol. The fourth-order valence-electron chi connectivity index (χ4n) is 3.01. The number of carbonyl (C=O) groups excluding carboxylic acids is 1. The third-order valence-corrected chi connectivity index (χ3v) is 4.18. The summed E-state index contributed by atoms with van der Waals surface area (Å²) < 4.78 is 1.12. The Balaban J connectivity index is 1.91. The molecule has 1 aromatic carbocycles. The van der Waals surface area contributed by atoms with Crippen molar-refractivity contribution in [2.45, 2.75) is 26.3 Å². The number of anilines is 1. The van der Waals surface area contributed by atoms with Gasteiger partial charge in [0.1, 0.15) is 6.54 Å². The molecular weight excluding hydrogens is 310 g/mol. The van der Waals surface area contributed by atoms with Crippen molar-refractivity contribution in [3.05, 3.63) is 68.1 Å². The third kappa shape index (κ3) is 2.92. The summed E-state index contributed by atoms with van der Waals surface area (Å²) in [7, 11) is 0. The van der Waals surface area contributed by atoms with E-state index in [1.165, 1.54) is 13.0 Å². The molecule has 0 saturated carbocycles. The number of rotatable bonds is 3. The smallest absolute Gasteiger partial charge is 0.286 e. The number of fused-ring (bicyclic) bond motifs is 1. The standard InChI is InChI=1S/C17H17N3O4/c1-12-9-14(20(23)24)10-18(17(12)22)11-16(21)19-8-4-6-13-5-2-3-7-15(13)19/h2-3,5,7,9-10H,4,6,8,11H2,1H3. The highest BCUT2D eigenvalue weighted by molar-refractivity contribution is 5.94. The molecule has 1 aliphatic rings. The molecule has 24 heavy (non-hydrogen) atoms. The van der Waals surface area contributed by atoms with Gasteiger partial charge in [0.15, 0.2) is 0 Å². The summed E-state index contributed by atoms with van der Waals surface area (Å²) in [6, 6.07) is 8.89. The van der Waals surface area contributed by atoms with Crippen molar-refractivity contribution in [1.82, 2.24) is 4.57 Å². The lowest BCUT2D eigenvalue weighted by Gasteiger charge is -2.29. The van der Waals surface area contributed by atoms with Crippen LogP contribution in [0.5, 0.6) is 0 Å². The monoisotopic (exact) mass is 327 g/mol. The van der Waals surface area contributed by atoms with E-state index in [1.807, 2.05) is 24.3 Å². The van der Waals surface area contributed by atoms with E-state index < -0.39 is 4.92 Å². The van der Waals surface area contributed by atoms with Gasteiger partial charge in [-0.15, -0.1) is 0 Å². The van der Waals surface area contributed by atoms with Crippen molar-refractivity contribution < 1.29 is 9.72 Å². The number of hydrogen-bond acceptors (Lipinski definition) is 4. The topological polar surface area (TPSA) is 85.4 Å². The summed E-state index contributed by atoms with van der Waals surface area (Å²) in [5.74, 6) is -0.246. The van der Waals surface area contributed by atoms with Crippen molar-refractivity contribution in [3.8, 4) is 0 Å². The number of carbonyl (C=O) groups is 1. The van der Waals surface area contributed by atoms with E-state index in [0.29, 0.717) is 6.54 Å². The van der Waals surface area contributed by atoms with E-state index in [-0.39, 0.29) is 29.3 Å². The van der Waals surface area contributed by atoms with Crippen LogP contribution in [0, 0.1) is 17.0 Å². The van der Waals surface area contributed by atoms with Crippen molar-refractivity contribution in [2.24, 2.45) is 0 Å². The van der Waals surface area contributed by atoms with E-state index in [9.17, 15) is 19.7 Å². The zero-order valence-corrected chi connectivity index (χ0v) is 13.3. The number of aryl methyl sites for hydroxylation is 2. The molecule has 0 fully saturated rings. The Hall–Kier alpha value is -2.96. The average Bonchev–Trinajstić information content (AvgIpc) is 2.58. The summed E-state index contributed by atoms with van der Waals surface area (Å²) >= 11 is 0. The Morgan fingerprint density at radius 2 is 2.08 bits per heavy atom. The fraction of sp³-hybridized carbons (Fsp3) is 0.294. The number of aromatic nitrogens is 1. The van der Waals surface area contributed by atoms with Gasteiger partial charge in [0.2, 0.25) is 5.91 Å². The number of nitro groups is 1. The van der Waals surface area contributed by atoms with E-state index in [4.69, 9.17) is 0 Å². The molecule has 1 aromatic heterocycles. The normalized spacial score (nSPS) is 13.5. The van der Waals surface area contributed by atoms with Crippen molar-refractivity contribution in [1.29, 1.82) is 0 Å². The van der Waals surface area contributed by atoms with E-state index in [2.05, 4.69) is 0 Å². The van der Waals surface area contributed by atoms with Crippen LogP contribution >= 0.6 is 0 Å². The molecule has 7 heteroatoms. The van der Waals surface area contributed by atoms with Crippen LogP contribution in [0.2, 0.25) is 0 Å². The molecule has 0 N–H and O–H groups in total. The van der Waals surface area contributed by atoms with E-state index in [0.717, 1.165) is 34.9 Å². The van der Waals surface area contributed by atoms with Gasteiger partial charge in [-0.3, -0.25) is 24.3 Å². The van der Waals surface area contributed by atoms with E-state index in [1.54, 1.807) is 4.90 Å². The molecule has 7 nitrogen and oxygen atoms in total. The third-order valence-electron chi connectivity index (χ3n) is 4.18. The van der Waals surface area contributed by atoms with Gasteiger partial charge in [-0.25, -0.2) is 0 Å². The minimum Gasteiger partial charge on any atom is -0.311 e. The van der Waals surface area contributed by atoms with Crippen LogP contribution < -0.4 is 10.5 Å². The number of nitrogens with zero attached hydrogens (tertiary/aromatic N) is 3. The zero-order chi connectivity index (χ0) is 17.3. The molecule has 0 spiro atoms. The van der Waals surface area contributed by atoms with Crippen molar-refractivity contribution in [3.63, 3.8) is 0 Å². The Labute approximate surface area is 138 Å². The lowest BCUT2D eigenvalue weighted by atomic mass is 10.0. The number of hydrogen-bond donors (Lipinski definition) is 0. The molecule has 0 aliphatic carbocycles. The molecular formula is C17H17N3O4. The van der Waals surface area contributed by atoms with Crippen LogP contribution in [0.4, 0.5) is 11.4 Å². The Bertz CT molecular complexity index is 872. The molecule has 0 radical (unpaired) electrons. The van der Waals surface area contributed by atoms with Gasteiger partial charge in [-0.2, -0.15) is 0 Å². The van der Waals surface area contributed by atoms with Gasteiger partial charge >= 0.3 is 0 Å². The van der Waals surface area contributed by atoms with Crippen LogP contribution in [-0.2, 0) is 17.8 Å². The Morgan fingerprint density at radius 1 is 1.33 bits per heavy atom. The van der Waals surface area contributed by atoms with Crippen LogP contribution in [0.3, 0.4) is 0 Å². The molecule has 1 aliphatic heterocycles. The molecule has 124 valence electrons. The molecule has 0 bridgehead atoms. The largest absolute Gasteiger partial charge is 0.311 e. The first-order valence-electron chi connectivity index (χ1n) is 7.71. The van der Waals surface area contributed by atoms with E-state index >= 15 is 0 Å². The minimum atomic E-state index is -0.566. The number of benzene rings is 1. The zero-order valence-electron chi connectivity index (χ0n) is 13.3. The second kappa shape index (κ2) is 6.27. The number of para-hydroxylation sites is 1. The second-order valence-electron chi connectivity index (χ2n) is 5.85. The summed E-state index contributed by atoms with van der Waals surface area (Å²) in [6.07, 6.45) is 2.89. The van der Waals surface area contributed by atoms with Crippen molar-refractivity contribution >= 4 is 17.3 Å². The maximum Gasteiger partial charge on any atom is 0.286 e. The molecule has 0 unspecified atom stereocenters. The predicted octanol–water partition coefficient (Wildman–Crippen LogP) is 2.04. The highest BCUT2D eigenvalue weighted by Gasteiger charge is 2.23. The van der Waals surface area contributed by atoms with Gasteiger partial charge < -0.3 is 4.90 Å². The maximum atomic E-state index is 12.7. The Morgan fingerprint density at radius 3 is 2.83 bits per heavy atom. The first kappa shape index (κ1) is 15.9. The highest BCUT2D eigenvalue weighted by atomic mass is 16.6. The van der Waals surface area contributed by atoms with Gasteiger partial charge in [-0.1, -0.05) is 18.2 Å². The molecule has 0 saturated heterocycles. The second-order valence-corrected chi connectivity index (χ2v) is 5.85. The van der Waals surface area contributed by atoms with Crippen molar-refractivity contribution in [2.75, 3.05) is 11.4 Å². The molecule has 3 rings (SSSR count). The van der Waals surface area contributed by atoms with Crippen LogP contribution in [-0.4, -0.2) is 21.9 Å². The summed E-state index contributed by atoms with van der Waals surface area (Å²) in [4.78, 5) is 36.9. The van der Waals surface area contributed by atoms with Gasteiger partial charge in [0.25, 0.3) is 11.2 Å². The molecule has 1 amide bonds. The first-order chi connectivity index (χ1) is 11.5. The summed E-state index contributed by atoms with van der Waals surface area (Å²) in [6.45, 7) is 1.88. The fourth-order valence-corrected chi connectivity index (χ4v) is 3.01. The molecule has 2 heterocycles. The highest BCUT2D eigenvalue weighted by Crippen LogP contribution is 2.26. The number of amides is 1. The number of pyridine rings is 1. The van der Waals surface area contributed by atoms with Gasteiger partial charge in [0.05, 0.1) is 11.1 Å². The predicted molar refractivity (Wildman–Crippen MR) is 89.2 cm³/mol.